The lowest BCUT2D eigenvalue weighted by Gasteiger charge is -2.28. The Kier molecular flexibility index (Phi) is 10.3. The van der Waals surface area contributed by atoms with Crippen molar-refractivity contribution in [1.82, 2.24) is 0 Å². The number of Topliss-reactive ketones (excluding diaryl/α,β-unsaturated/α-hetero) is 2. The SMILES string of the molecule is CCC/C(=N/OC/C=C/Cl)C1C(=O)CC(CC(C)SCC)CC1=O. The van der Waals surface area contributed by atoms with Gasteiger partial charge < -0.3 is 4.84 Å². The van der Waals surface area contributed by atoms with E-state index in [2.05, 4.69) is 19.0 Å². The highest BCUT2D eigenvalue weighted by Crippen LogP contribution is 2.31. The average Bonchev–Trinajstić information content (AvgIpc) is 2.51. The van der Waals surface area contributed by atoms with E-state index >= 15 is 0 Å². The molecule has 0 aromatic heterocycles. The number of hydrogen-bond donors (Lipinski definition) is 0. The molecule has 136 valence electrons. The molecule has 24 heavy (non-hydrogen) atoms. The number of thioether (sulfide) groups is 1. The highest BCUT2D eigenvalue weighted by atomic mass is 35.5. The molecule has 0 aromatic carbocycles. The number of oxime groups is 1. The molecule has 1 unspecified atom stereocenters. The van der Waals surface area contributed by atoms with E-state index in [4.69, 9.17) is 16.4 Å². The number of ketones is 2. The van der Waals surface area contributed by atoms with Crippen molar-refractivity contribution in [3.8, 4) is 0 Å². The van der Waals surface area contributed by atoms with Crippen molar-refractivity contribution in [3.63, 3.8) is 0 Å². The van der Waals surface area contributed by atoms with Crippen molar-refractivity contribution >= 4 is 40.6 Å². The van der Waals surface area contributed by atoms with Crippen LogP contribution in [0, 0.1) is 11.8 Å². The van der Waals surface area contributed by atoms with Crippen molar-refractivity contribution in [2.75, 3.05) is 12.4 Å². The van der Waals surface area contributed by atoms with Crippen LogP contribution in [0.2, 0.25) is 0 Å². The number of halogens is 1. The summed E-state index contributed by atoms with van der Waals surface area (Å²) in [7, 11) is 0. The summed E-state index contributed by atoms with van der Waals surface area (Å²) >= 11 is 7.31. The lowest BCUT2D eigenvalue weighted by atomic mass is 9.75. The van der Waals surface area contributed by atoms with Gasteiger partial charge in [-0.25, -0.2) is 0 Å². The van der Waals surface area contributed by atoms with Crippen molar-refractivity contribution in [3.05, 3.63) is 11.6 Å². The smallest absolute Gasteiger partial charge is 0.149 e. The molecule has 4 nitrogen and oxygen atoms in total. The summed E-state index contributed by atoms with van der Waals surface area (Å²) in [6.07, 6.45) is 4.88. The molecule has 1 saturated carbocycles. The van der Waals surface area contributed by atoms with E-state index in [0.29, 0.717) is 30.2 Å². The van der Waals surface area contributed by atoms with Gasteiger partial charge in [-0.3, -0.25) is 9.59 Å². The maximum absolute atomic E-state index is 12.6. The van der Waals surface area contributed by atoms with E-state index in [1.807, 2.05) is 18.7 Å². The molecule has 1 fully saturated rings. The summed E-state index contributed by atoms with van der Waals surface area (Å²) in [6.45, 7) is 6.53. The van der Waals surface area contributed by atoms with Gasteiger partial charge in [-0.15, -0.1) is 0 Å². The van der Waals surface area contributed by atoms with E-state index in [1.165, 1.54) is 5.54 Å². The maximum Gasteiger partial charge on any atom is 0.149 e. The van der Waals surface area contributed by atoms with Gasteiger partial charge in [0.1, 0.15) is 24.1 Å². The fraction of sp³-hybridized carbons (Fsp3) is 0.722. The van der Waals surface area contributed by atoms with Crippen LogP contribution in [0.15, 0.2) is 16.8 Å². The van der Waals surface area contributed by atoms with Crippen molar-refractivity contribution in [2.45, 2.75) is 58.1 Å². The van der Waals surface area contributed by atoms with Crippen molar-refractivity contribution < 1.29 is 14.4 Å². The highest BCUT2D eigenvalue weighted by Gasteiger charge is 2.38. The summed E-state index contributed by atoms with van der Waals surface area (Å²) in [6, 6.07) is 0. The second-order valence-corrected chi connectivity index (χ2v) is 8.10. The third kappa shape index (κ3) is 6.98. The van der Waals surface area contributed by atoms with Gasteiger partial charge in [0.15, 0.2) is 0 Å². The standard InChI is InChI=1S/C18H28ClNO3S/c1-4-7-15(20-23-9-6-8-19)18-16(21)11-14(12-17(18)22)10-13(3)24-5-2/h6,8,13-14,18H,4-5,7,9-12H2,1-3H3/b8-6+,20-15-. The van der Waals surface area contributed by atoms with Gasteiger partial charge in [0.25, 0.3) is 0 Å². The van der Waals surface area contributed by atoms with Gasteiger partial charge >= 0.3 is 0 Å². The van der Waals surface area contributed by atoms with Crippen molar-refractivity contribution in [1.29, 1.82) is 0 Å². The second kappa shape index (κ2) is 11.7. The molecule has 1 atom stereocenters. The van der Waals surface area contributed by atoms with Crippen LogP contribution in [0.25, 0.3) is 0 Å². The number of rotatable bonds is 10. The first-order valence-electron chi connectivity index (χ1n) is 8.64. The predicted molar refractivity (Wildman–Crippen MR) is 102 cm³/mol. The Bertz CT molecular complexity index is 461. The molecule has 1 aliphatic carbocycles. The number of nitrogens with zero attached hydrogens (tertiary/aromatic N) is 1. The highest BCUT2D eigenvalue weighted by molar-refractivity contribution is 7.99. The fourth-order valence-corrected chi connectivity index (χ4v) is 4.17. The molecule has 1 aliphatic rings. The zero-order chi connectivity index (χ0) is 17.9. The first kappa shape index (κ1) is 21.2. The largest absolute Gasteiger partial charge is 0.392 e. The summed E-state index contributed by atoms with van der Waals surface area (Å²) in [4.78, 5) is 30.3. The molecular weight excluding hydrogens is 346 g/mol. The monoisotopic (exact) mass is 373 g/mol. The third-order valence-corrected chi connectivity index (χ3v) is 5.29. The Hall–Kier alpha value is -0.810. The van der Waals surface area contributed by atoms with E-state index < -0.39 is 5.92 Å². The lowest BCUT2D eigenvalue weighted by Crippen LogP contribution is -2.39. The minimum Gasteiger partial charge on any atom is -0.392 e. The van der Waals surface area contributed by atoms with Gasteiger partial charge in [0.2, 0.25) is 0 Å². The lowest BCUT2D eigenvalue weighted by molar-refractivity contribution is -0.134. The van der Waals surface area contributed by atoms with Gasteiger partial charge in [0.05, 0.1) is 5.71 Å². The van der Waals surface area contributed by atoms with Crippen LogP contribution in [-0.2, 0) is 14.4 Å². The van der Waals surface area contributed by atoms with Gasteiger partial charge in [0, 0.05) is 23.6 Å². The average molecular weight is 374 g/mol. The van der Waals surface area contributed by atoms with Crippen LogP contribution in [0.5, 0.6) is 0 Å². The first-order valence-corrected chi connectivity index (χ1v) is 10.1. The molecule has 6 heteroatoms. The molecule has 0 heterocycles. The van der Waals surface area contributed by atoms with E-state index in [-0.39, 0.29) is 24.1 Å². The van der Waals surface area contributed by atoms with Crippen LogP contribution in [-0.4, -0.2) is 34.9 Å². The Morgan fingerprint density at radius 3 is 2.58 bits per heavy atom. The zero-order valence-electron chi connectivity index (χ0n) is 14.8. The van der Waals surface area contributed by atoms with Crippen LogP contribution in [0.3, 0.4) is 0 Å². The third-order valence-electron chi connectivity index (χ3n) is 4.02. The summed E-state index contributed by atoms with van der Waals surface area (Å²) in [5.74, 6) is 0.496. The van der Waals surface area contributed by atoms with E-state index in [0.717, 1.165) is 18.6 Å². The predicted octanol–water partition coefficient (Wildman–Crippen LogP) is 4.61. The molecule has 0 N–H and O–H groups in total. The van der Waals surface area contributed by atoms with Gasteiger partial charge in [-0.05, 0) is 30.6 Å². The first-order chi connectivity index (χ1) is 11.5. The number of carbonyl (C=O) groups excluding carboxylic acids is 2. The van der Waals surface area contributed by atoms with Gasteiger partial charge in [-0.2, -0.15) is 11.8 Å². The Morgan fingerprint density at radius 1 is 1.38 bits per heavy atom. The van der Waals surface area contributed by atoms with Crippen LogP contribution in [0.1, 0.15) is 52.9 Å². The molecule has 0 bridgehead atoms. The quantitative estimate of drug-likeness (QED) is 0.243. The molecule has 0 spiro atoms. The summed E-state index contributed by atoms with van der Waals surface area (Å²) in [5.41, 5.74) is 1.91. The zero-order valence-corrected chi connectivity index (χ0v) is 16.4. The topological polar surface area (TPSA) is 55.7 Å². The van der Waals surface area contributed by atoms with Crippen LogP contribution < -0.4 is 0 Å². The van der Waals surface area contributed by atoms with Crippen molar-refractivity contribution in [2.24, 2.45) is 17.0 Å². The normalized spacial score (nSPS) is 23.8. The number of hydrogen-bond acceptors (Lipinski definition) is 5. The molecule has 0 amide bonds. The molecule has 0 aliphatic heterocycles. The molecule has 0 saturated heterocycles. The maximum atomic E-state index is 12.6. The van der Waals surface area contributed by atoms with E-state index in [1.54, 1.807) is 6.08 Å². The van der Waals surface area contributed by atoms with Gasteiger partial charge in [-0.1, -0.05) is 43.9 Å². The molecule has 0 radical (unpaired) electrons. The fourth-order valence-electron chi connectivity index (χ4n) is 3.12. The van der Waals surface area contributed by atoms with Crippen LogP contribution >= 0.6 is 23.4 Å². The summed E-state index contributed by atoms with van der Waals surface area (Å²) < 4.78 is 0. The Balaban J connectivity index is 2.73. The molecule has 1 rings (SSSR count). The minimum absolute atomic E-state index is 0.00589. The Labute approximate surface area is 154 Å². The van der Waals surface area contributed by atoms with E-state index in [9.17, 15) is 9.59 Å². The molecular formula is C18H28ClNO3S. The second-order valence-electron chi connectivity index (χ2n) is 6.13. The number of carbonyl (C=O) groups is 2. The van der Waals surface area contributed by atoms with Crippen LogP contribution in [0.4, 0.5) is 0 Å². The summed E-state index contributed by atoms with van der Waals surface area (Å²) in [5, 5.41) is 4.53. The minimum atomic E-state index is -0.713. The molecule has 0 aromatic rings. The Morgan fingerprint density at radius 2 is 2.04 bits per heavy atom.